The van der Waals surface area contributed by atoms with Gasteiger partial charge < -0.3 is 4.74 Å². The van der Waals surface area contributed by atoms with E-state index in [9.17, 15) is 0 Å². The summed E-state index contributed by atoms with van der Waals surface area (Å²) in [4.78, 5) is 0. The maximum Gasteiger partial charge on any atom is 0.118 e. The van der Waals surface area contributed by atoms with Crippen molar-refractivity contribution >= 4 is 26.6 Å². The van der Waals surface area contributed by atoms with Gasteiger partial charge in [-0.2, -0.15) is 0 Å². The first-order valence-electron chi connectivity index (χ1n) is 8.80. The lowest BCUT2D eigenvalue weighted by molar-refractivity contribution is 0.376. The standard InChI is InChI=1S/C20H30OP2Si/c1-4-24(5-2,15-23)14-21-20-10-8-17(9-11-20)18-7-6-16(3)19(12-18)13-22/h6-12H,4-5,13-15,22-23H2,1-3H3. The van der Waals surface area contributed by atoms with Gasteiger partial charge in [-0.3, -0.25) is 0 Å². The largest absolute Gasteiger partial charge is 0.497 e. The molecule has 2 aromatic rings. The summed E-state index contributed by atoms with van der Waals surface area (Å²) in [7, 11) is 4.50. The Labute approximate surface area is 153 Å². The van der Waals surface area contributed by atoms with Gasteiger partial charge in [0.2, 0.25) is 0 Å². The number of aryl methyl sites for hydroxylation is 1. The lowest BCUT2D eigenvalue weighted by Crippen LogP contribution is -2.42. The van der Waals surface area contributed by atoms with Gasteiger partial charge in [-0.25, -0.2) is 0 Å². The fraction of sp³-hybridized carbons (Fsp3) is 0.400. The predicted molar refractivity (Wildman–Crippen MR) is 117 cm³/mol. The molecule has 2 unspecified atom stereocenters. The molecule has 0 aromatic heterocycles. The molecule has 24 heavy (non-hydrogen) atoms. The molecule has 0 saturated carbocycles. The van der Waals surface area contributed by atoms with E-state index in [1.807, 2.05) is 0 Å². The van der Waals surface area contributed by atoms with Gasteiger partial charge in [0.1, 0.15) is 13.8 Å². The maximum absolute atomic E-state index is 6.14. The second-order valence-corrected chi connectivity index (χ2v) is 13.3. The highest BCUT2D eigenvalue weighted by Gasteiger charge is 2.28. The van der Waals surface area contributed by atoms with E-state index in [0.717, 1.165) is 18.1 Å². The molecular weight excluding hydrogens is 346 g/mol. The lowest BCUT2D eigenvalue weighted by Gasteiger charge is -2.27. The van der Waals surface area contributed by atoms with Crippen molar-refractivity contribution in [1.29, 1.82) is 0 Å². The Morgan fingerprint density at radius 1 is 0.917 bits per heavy atom. The zero-order valence-electron chi connectivity index (χ0n) is 15.1. The predicted octanol–water partition coefficient (Wildman–Crippen LogP) is 5.86. The SMILES string of the molecule is CC[Si](CC)(CP)COc1ccc(-c2ccc(C)c(CP)c2)cc1. The van der Waals surface area contributed by atoms with E-state index in [0.29, 0.717) is 0 Å². The molecule has 0 amide bonds. The van der Waals surface area contributed by atoms with Crippen LogP contribution in [0.15, 0.2) is 42.5 Å². The molecule has 1 nitrogen and oxygen atoms in total. The molecule has 2 rings (SSSR count). The molecular formula is C20H30OP2Si. The third-order valence-corrected chi connectivity index (χ3v) is 12.9. The average molecular weight is 376 g/mol. The van der Waals surface area contributed by atoms with Crippen molar-refractivity contribution in [2.75, 3.05) is 12.0 Å². The zero-order chi connectivity index (χ0) is 17.6. The van der Waals surface area contributed by atoms with E-state index < -0.39 is 8.07 Å². The molecule has 0 fully saturated rings. The van der Waals surface area contributed by atoms with Crippen LogP contribution in [0.1, 0.15) is 25.0 Å². The summed E-state index contributed by atoms with van der Waals surface area (Å²) in [6, 6.07) is 17.8. The first-order chi connectivity index (χ1) is 11.6. The fourth-order valence-corrected chi connectivity index (χ4v) is 7.45. The highest BCUT2D eigenvalue weighted by atomic mass is 31.0. The van der Waals surface area contributed by atoms with Crippen LogP contribution in [0.2, 0.25) is 12.1 Å². The monoisotopic (exact) mass is 376 g/mol. The van der Waals surface area contributed by atoms with Gasteiger partial charge in [-0.15, -0.1) is 18.5 Å². The van der Waals surface area contributed by atoms with E-state index >= 15 is 0 Å². The van der Waals surface area contributed by atoms with Crippen LogP contribution in [0.4, 0.5) is 0 Å². The normalized spacial score (nSPS) is 11.5. The fourth-order valence-electron chi connectivity index (χ4n) is 2.85. The molecule has 130 valence electrons. The maximum atomic E-state index is 6.14. The quantitative estimate of drug-likeness (QED) is 0.414. The molecule has 0 saturated heterocycles. The Bertz CT molecular complexity index is 643. The molecule has 4 heteroatoms. The van der Waals surface area contributed by atoms with Crippen molar-refractivity contribution in [2.24, 2.45) is 0 Å². The van der Waals surface area contributed by atoms with Crippen molar-refractivity contribution in [3.63, 3.8) is 0 Å². The Morgan fingerprint density at radius 2 is 1.54 bits per heavy atom. The smallest absolute Gasteiger partial charge is 0.118 e. The Morgan fingerprint density at radius 3 is 2.08 bits per heavy atom. The van der Waals surface area contributed by atoms with Crippen LogP contribution in [0, 0.1) is 6.92 Å². The number of hydrogen-bond acceptors (Lipinski definition) is 1. The molecule has 0 spiro atoms. The summed E-state index contributed by atoms with van der Waals surface area (Å²) in [5, 5.41) is 0. The number of benzene rings is 2. The van der Waals surface area contributed by atoms with Gasteiger partial charge in [-0.1, -0.05) is 56.3 Å². The highest BCUT2D eigenvalue weighted by molar-refractivity contribution is 7.23. The molecule has 2 aromatic carbocycles. The van der Waals surface area contributed by atoms with E-state index in [1.54, 1.807) is 0 Å². The van der Waals surface area contributed by atoms with Crippen LogP contribution in [0.3, 0.4) is 0 Å². The van der Waals surface area contributed by atoms with Crippen LogP contribution >= 0.6 is 18.5 Å². The number of rotatable bonds is 8. The Kier molecular flexibility index (Phi) is 7.48. The summed E-state index contributed by atoms with van der Waals surface area (Å²) in [6.07, 6.45) is 1.92. The van der Waals surface area contributed by atoms with Crippen molar-refractivity contribution in [1.82, 2.24) is 0 Å². The van der Waals surface area contributed by atoms with E-state index in [1.165, 1.54) is 40.1 Å². The zero-order valence-corrected chi connectivity index (χ0v) is 18.4. The molecule has 0 heterocycles. The Balaban J connectivity index is 2.11. The third kappa shape index (κ3) is 4.69. The first kappa shape index (κ1) is 19.6. The van der Waals surface area contributed by atoms with Crippen LogP contribution in [0.25, 0.3) is 11.1 Å². The van der Waals surface area contributed by atoms with Gasteiger partial charge in [-0.05, 0) is 53.3 Å². The summed E-state index contributed by atoms with van der Waals surface area (Å²) in [6.45, 7) is 6.80. The van der Waals surface area contributed by atoms with Crippen molar-refractivity contribution in [3.05, 3.63) is 53.6 Å². The lowest BCUT2D eigenvalue weighted by atomic mass is 10.0. The van der Waals surface area contributed by atoms with Gasteiger partial charge in [0, 0.05) is 0 Å². The molecule has 0 bridgehead atoms. The number of ether oxygens (including phenoxy) is 1. The summed E-state index contributed by atoms with van der Waals surface area (Å²) in [5.74, 6) is 2.22. The van der Waals surface area contributed by atoms with Gasteiger partial charge >= 0.3 is 0 Å². The number of hydrogen-bond donors (Lipinski definition) is 0. The summed E-state index contributed by atoms with van der Waals surface area (Å²) in [5.41, 5.74) is 5.27. The van der Waals surface area contributed by atoms with Crippen LogP contribution < -0.4 is 4.74 Å². The van der Waals surface area contributed by atoms with Crippen LogP contribution in [0.5, 0.6) is 5.75 Å². The van der Waals surface area contributed by atoms with Gasteiger partial charge in [0.15, 0.2) is 0 Å². The average Bonchev–Trinajstić information content (AvgIpc) is 2.64. The summed E-state index contributed by atoms with van der Waals surface area (Å²) >= 11 is 0. The van der Waals surface area contributed by atoms with E-state index in [4.69, 9.17) is 4.74 Å². The Hall–Kier alpha value is -0.683. The third-order valence-electron chi connectivity index (χ3n) is 5.23. The first-order valence-corrected chi connectivity index (χ1v) is 13.3. The molecule has 0 N–H and O–H groups in total. The highest BCUT2D eigenvalue weighted by Crippen LogP contribution is 2.26. The van der Waals surface area contributed by atoms with Gasteiger partial charge in [0.25, 0.3) is 0 Å². The second kappa shape index (κ2) is 9.14. The second-order valence-electron chi connectivity index (χ2n) is 6.57. The molecule has 0 aliphatic rings. The van der Waals surface area contributed by atoms with Gasteiger partial charge in [0.05, 0.1) is 6.23 Å². The molecule has 2 atom stereocenters. The minimum atomic E-state index is -1.26. The van der Waals surface area contributed by atoms with Crippen molar-refractivity contribution in [3.8, 4) is 16.9 Å². The minimum absolute atomic E-state index is 0.921. The molecule has 0 radical (unpaired) electrons. The van der Waals surface area contributed by atoms with E-state index in [2.05, 4.69) is 81.7 Å². The minimum Gasteiger partial charge on any atom is -0.497 e. The van der Waals surface area contributed by atoms with E-state index in [-0.39, 0.29) is 0 Å². The molecule has 0 aliphatic carbocycles. The molecule has 0 aliphatic heterocycles. The topological polar surface area (TPSA) is 9.23 Å². The van der Waals surface area contributed by atoms with Crippen molar-refractivity contribution in [2.45, 2.75) is 39.0 Å². The van der Waals surface area contributed by atoms with Crippen LogP contribution in [-0.2, 0) is 6.16 Å². The van der Waals surface area contributed by atoms with Crippen molar-refractivity contribution < 1.29 is 4.74 Å². The summed E-state index contributed by atoms with van der Waals surface area (Å²) < 4.78 is 6.14. The van der Waals surface area contributed by atoms with Crippen LogP contribution in [-0.4, -0.2) is 20.1 Å².